The van der Waals surface area contributed by atoms with Crippen molar-refractivity contribution in [1.29, 1.82) is 0 Å². The Kier molecular flexibility index (Phi) is 5.48. The Balaban J connectivity index is 1.70. The van der Waals surface area contributed by atoms with E-state index >= 15 is 0 Å². The SMILES string of the molecule is COc1ccc(C(C)=O)cc1CSc1nnc(-c2ccco2)n1-c1ccccc1. The van der Waals surface area contributed by atoms with Crippen LogP contribution in [0.1, 0.15) is 22.8 Å². The number of nitrogens with zero attached hydrogens (tertiary/aromatic N) is 3. The Bertz CT molecular complexity index is 1120. The van der Waals surface area contributed by atoms with Crippen LogP contribution in [0.2, 0.25) is 0 Å². The molecule has 4 rings (SSSR count). The zero-order valence-corrected chi connectivity index (χ0v) is 16.8. The van der Waals surface area contributed by atoms with E-state index in [2.05, 4.69) is 10.2 Å². The zero-order valence-electron chi connectivity index (χ0n) is 16.0. The molecule has 6 nitrogen and oxygen atoms in total. The molecule has 0 radical (unpaired) electrons. The molecule has 2 aromatic heterocycles. The van der Waals surface area contributed by atoms with Crippen LogP contribution < -0.4 is 4.74 Å². The third kappa shape index (κ3) is 3.95. The number of hydrogen-bond acceptors (Lipinski definition) is 6. The number of ether oxygens (including phenoxy) is 1. The van der Waals surface area contributed by atoms with Crippen molar-refractivity contribution in [2.45, 2.75) is 17.8 Å². The van der Waals surface area contributed by atoms with E-state index in [1.54, 1.807) is 26.4 Å². The second-order valence-corrected chi connectivity index (χ2v) is 7.27. The van der Waals surface area contributed by atoms with E-state index in [1.807, 2.05) is 59.2 Å². The number of methoxy groups -OCH3 is 1. The molecular formula is C22H19N3O3S. The van der Waals surface area contributed by atoms with Crippen LogP contribution in [-0.4, -0.2) is 27.7 Å². The van der Waals surface area contributed by atoms with Crippen molar-refractivity contribution in [3.8, 4) is 23.0 Å². The van der Waals surface area contributed by atoms with Crippen LogP contribution in [0.25, 0.3) is 17.3 Å². The van der Waals surface area contributed by atoms with Crippen LogP contribution in [0.3, 0.4) is 0 Å². The molecule has 0 saturated carbocycles. The van der Waals surface area contributed by atoms with Crippen LogP contribution in [-0.2, 0) is 5.75 Å². The molecule has 0 aliphatic carbocycles. The Morgan fingerprint density at radius 3 is 2.62 bits per heavy atom. The maximum absolute atomic E-state index is 11.8. The first-order valence-corrected chi connectivity index (χ1v) is 10.0. The molecule has 0 fully saturated rings. The molecule has 0 saturated heterocycles. The number of ketones is 1. The van der Waals surface area contributed by atoms with E-state index in [1.165, 1.54) is 11.8 Å². The van der Waals surface area contributed by atoms with Gasteiger partial charge in [0.15, 0.2) is 16.7 Å². The maximum atomic E-state index is 11.8. The summed E-state index contributed by atoms with van der Waals surface area (Å²) < 4.78 is 13.0. The molecule has 7 heteroatoms. The minimum Gasteiger partial charge on any atom is -0.496 e. The van der Waals surface area contributed by atoms with E-state index in [-0.39, 0.29) is 5.78 Å². The van der Waals surface area contributed by atoms with Gasteiger partial charge in [0, 0.05) is 22.6 Å². The predicted octanol–water partition coefficient (Wildman–Crippen LogP) is 5.03. The number of carbonyl (C=O) groups is 1. The van der Waals surface area contributed by atoms with Gasteiger partial charge in [-0.3, -0.25) is 9.36 Å². The molecule has 0 unspecified atom stereocenters. The number of Topliss-reactive ketones (excluding diaryl/α,β-unsaturated/α-hetero) is 1. The number of carbonyl (C=O) groups excluding carboxylic acids is 1. The van der Waals surface area contributed by atoms with Crippen molar-refractivity contribution in [3.05, 3.63) is 78.1 Å². The van der Waals surface area contributed by atoms with E-state index in [4.69, 9.17) is 9.15 Å². The smallest absolute Gasteiger partial charge is 0.205 e. The number of benzene rings is 2. The van der Waals surface area contributed by atoms with Gasteiger partial charge < -0.3 is 9.15 Å². The lowest BCUT2D eigenvalue weighted by Gasteiger charge is -2.11. The van der Waals surface area contributed by atoms with Gasteiger partial charge in [0.25, 0.3) is 0 Å². The van der Waals surface area contributed by atoms with Gasteiger partial charge in [0.05, 0.1) is 13.4 Å². The molecule has 2 aromatic carbocycles. The lowest BCUT2D eigenvalue weighted by Crippen LogP contribution is -2.00. The van der Waals surface area contributed by atoms with Crippen molar-refractivity contribution in [1.82, 2.24) is 14.8 Å². The molecular weight excluding hydrogens is 386 g/mol. The lowest BCUT2D eigenvalue weighted by atomic mass is 10.1. The average Bonchev–Trinajstić information content (AvgIpc) is 3.42. The summed E-state index contributed by atoms with van der Waals surface area (Å²) in [6.07, 6.45) is 1.62. The van der Waals surface area contributed by atoms with Gasteiger partial charge in [-0.2, -0.15) is 0 Å². The molecule has 4 aromatic rings. The van der Waals surface area contributed by atoms with Gasteiger partial charge in [0.1, 0.15) is 5.75 Å². The lowest BCUT2D eigenvalue weighted by molar-refractivity contribution is 0.101. The van der Waals surface area contributed by atoms with Crippen molar-refractivity contribution in [3.63, 3.8) is 0 Å². The summed E-state index contributed by atoms with van der Waals surface area (Å²) in [4.78, 5) is 11.8. The highest BCUT2D eigenvalue weighted by atomic mass is 32.2. The molecule has 29 heavy (non-hydrogen) atoms. The Labute approximate surface area is 172 Å². The van der Waals surface area contributed by atoms with Crippen molar-refractivity contribution in [2.24, 2.45) is 0 Å². The fourth-order valence-electron chi connectivity index (χ4n) is 2.99. The summed E-state index contributed by atoms with van der Waals surface area (Å²) >= 11 is 1.52. The van der Waals surface area contributed by atoms with Crippen molar-refractivity contribution in [2.75, 3.05) is 7.11 Å². The highest BCUT2D eigenvalue weighted by Crippen LogP contribution is 2.32. The molecule has 0 amide bonds. The zero-order chi connectivity index (χ0) is 20.2. The van der Waals surface area contributed by atoms with Gasteiger partial charge in [0.2, 0.25) is 5.82 Å². The second-order valence-electron chi connectivity index (χ2n) is 6.33. The minimum atomic E-state index is 0.0199. The molecule has 2 heterocycles. The summed E-state index contributed by atoms with van der Waals surface area (Å²) in [5.41, 5.74) is 2.52. The third-order valence-electron chi connectivity index (χ3n) is 4.43. The third-order valence-corrected chi connectivity index (χ3v) is 5.41. The monoisotopic (exact) mass is 405 g/mol. The fourth-order valence-corrected chi connectivity index (χ4v) is 3.92. The molecule has 0 N–H and O–H groups in total. The first-order chi connectivity index (χ1) is 14.2. The van der Waals surface area contributed by atoms with E-state index in [0.717, 1.165) is 22.2 Å². The van der Waals surface area contributed by atoms with Crippen molar-refractivity contribution < 1.29 is 13.9 Å². The van der Waals surface area contributed by atoms with Crippen molar-refractivity contribution >= 4 is 17.5 Å². The Hall–Kier alpha value is -3.32. The molecule has 0 aliphatic rings. The topological polar surface area (TPSA) is 70.2 Å². The minimum absolute atomic E-state index is 0.0199. The molecule has 0 spiro atoms. The number of furan rings is 1. The maximum Gasteiger partial charge on any atom is 0.205 e. The first-order valence-electron chi connectivity index (χ1n) is 9.02. The highest BCUT2D eigenvalue weighted by molar-refractivity contribution is 7.98. The number of thioether (sulfide) groups is 1. The summed E-state index contributed by atoms with van der Waals surface area (Å²) in [6.45, 7) is 1.56. The van der Waals surface area contributed by atoms with Crippen LogP contribution in [0.15, 0.2) is 76.5 Å². The van der Waals surface area contributed by atoms with E-state index < -0.39 is 0 Å². The van der Waals surface area contributed by atoms with E-state index in [9.17, 15) is 4.79 Å². The standard InChI is InChI=1S/C22H19N3O3S/c1-15(26)16-10-11-19(27-2)17(13-16)14-29-22-24-23-21(20-9-6-12-28-20)25(22)18-7-4-3-5-8-18/h3-13H,14H2,1-2H3. The van der Waals surface area contributed by atoms with Crippen LogP contribution in [0.5, 0.6) is 5.75 Å². The number of hydrogen-bond donors (Lipinski definition) is 0. The van der Waals surface area contributed by atoms with Crippen LogP contribution in [0, 0.1) is 0 Å². The average molecular weight is 405 g/mol. The second kappa shape index (κ2) is 8.36. The summed E-state index contributed by atoms with van der Waals surface area (Å²) in [6, 6.07) is 19.0. The van der Waals surface area contributed by atoms with Crippen LogP contribution >= 0.6 is 11.8 Å². The number of rotatable bonds is 7. The first kappa shape index (κ1) is 19.0. The number of para-hydroxylation sites is 1. The Morgan fingerprint density at radius 2 is 1.93 bits per heavy atom. The Morgan fingerprint density at radius 1 is 1.10 bits per heavy atom. The highest BCUT2D eigenvalue weighted by Gasteiger charge is 2.18. The molecule has 0 aliphatic heterocycles. The van der Waals surface area contributed by atoms with Gasteiger partial charge in [-0.15, -0.1) is 10.2 Å². The molecule has 0 bridgehead atoms. The largest absolute Gasteiger partial charge is 0.496 e. The summed E-state index contributed by atoms with van der Waals surface area (Å²) in [5, 5.41) is 9.45. The van der Waals surface area contributed by atoms with Gasteiger partial charge in [-0.25, -0.2) is 0 Å². The fraction of sp³-hybridized carbons (Fsp3) is 0.136. The number of aromatic nitrogens is 3. The van der Waals surface area contributed by atoms with Crippen LogP contribution in [0.4, 0.5) is 0 Å². The normalized spacial score (nSPS) is 10.8. The van der Waals surface area contributed by atoms with Gasteiger partial charge >= 0.3 is 0 Å². The predicted molar refractivity (Wildman–Crippen MR) is 112 cm³/mol. The summed E-state index contributed by atoms with van der Waals surface area (Å²) in [5.74, 6) is 2.61. The van der Waals surface area contributed by atoms with E-state index in [0.29, 0.717) is 22.9 Å². The molecule has 0 atom stereocenters. The quantitative estimate of drug-likeness (QED) is 0.317. The van der Waals surface area contributed by atoms with Gasteiger partial charge in [-0.05, 0) is 49.4 Å². The summed E-state index contributed by atoms with van der Waals surface area (Å²) in [7, 11) is 1.62. The van der Waals surface area contributed by atoms with Gasteiger partial charge in [-0.1, -0.05) is 30.0 Å². The molecule has 146 valence electrons.